The number of rotatable bonds is 5. The van der Waals surface area contributed by atoms with E-state index < -0.39 is 15.6 Å². The normalized spacial score (nSPS) is 25.7. The lowest BCUT2D eigenvalue weighted by Gasteiger charge is -2.43. The maximum atomic E-state index is 13.3. The Balaban J connectivity index is 1.20. The quantitative estimate of drug-likeness (QED) is 0.440. The third-order valence-electron chi connectivity index (χ3n) is 9.05. The predicted molar refractivity (Wildman–Crippen MR) is 150 cm³/mol. The number of aromatic nitrogens is 3. The highest BCUT2D eigenvalue weighted by Gasteiger charge is 2.40. The summed E-state index contributed by atoms with van der Waals surface area (Å²) in [4.78, 5) is 22.1. The molecule has 0 amide bonds. The van der Waals surface area contributed by atoms with Crippen LogP contribution in [0.15, 0.2) is 52.3 Å². The molecule has 10 nitrogen and oxygen atoms in total. The highest BCUT2D eigenvalue weighted by Crippen LogP contribution is 2.41. The van der Waals surface area contributed by atoms with Crippen LogP contribution in [0.3, 0.4) is 0 Å². The maximum Gasteiger partial charge on any atom is 0.252 e. The second-order valence-electron chi connectivity index (χ2n) is 11.6. The molecule has 3 fully saturated rings. The molecule has 39 heavy (non-hydrogen) atoms. The molecule has 3 aliphatic rings. The molecule has 2 aromatic heterocycles. The van der Waals surface area contributed by atoms with Crippen molar-refractivity contribution in [3.05, 3.63) is 52.9 Å². The van der Waals surface area contributed by atoms with Crippen molar-refractivity contribution in [2.24, 2.45) is 5.41 Å². The largest absolute Gasteiger partial charge is 0.388 e. The summed E-state index contributed by atoms with van der Waals surface area (Å²) >= 11 is 0. The Bertz CT molecular complexity index is 1520. The molecule has 3 aromatic rings. The number of benzene rings is 1. The fourth-order valence-corrected chi connectivity index (χ4v) is 8.03. The smallest absolute Gasteiger partial charge is 0.252 e. The summed E-state index contributed by atoms with van der Waals surface area (Å²) in [6.45, 7) is 4.91. The lowest BCUT2D eigenvalue weighted by Crippen LogP contribution is -2.47. The van der Waals surface area contributed by atoms with E-state index in [-0.39, 0.29) is 21.9 Å². The average Bonchev–Trinajstić information content (AvgIpc) is 3.28. The van der Waals surface area contributed by atoms with Gasteiger partial charge in [0.05, 0.1) is 16.5 Å². The lowest BCUT2D eigenvalue weighted by atomic mass is 9.72. The third-order valence-corrected chi connectivity index (χ3v) is 11.0. The standard InChI is InChI=1S/C28H36N6O4S/c1-27(36)10-2-3-23(27)34-24(35)9-4-20-19-30-26(32-25(20)34)31-21-5-7-22(8-6-21)39(37,38)33-17-13-28(14-18-33)11-15-29-16-12-28/h4-9,19,23,29,36H,2-3,10-18H2,1H3,(H,30,31,32)/t23-,27-/m1/s1. The summed E-state index contributed by atoms with van der Waals surface area (Å²) in [5.41, 5.74) is 0.184. The van der Waals surface area contributed by atoms with Gasteiger partial charge < -0.3 is 15.7 Å². The van der Waals surface area contributed by atoms with Crippen molar-refractivity contribution < 1.29 is 13.5 Å². The Morgan fingerprint density at radius 1 is 1.03 bits per heavy atom. The zero-order chi connectivity index (χ0) is 27.3. The Hall–Kier alpha value is -2.86. The average molecular weight is 553 g/mol. The van der Waals surface area contributed by atoms with Crippen molar-refractivity contribution in [1.29, 1.82) is 0 Å². The highest BCUT2D eigenvalue weighted by molar-refractivity contribution is 7.89. The van der Waals surface area contributed by atoms with E-state index in [4.69, 9.17) is 0 Å². The van der Waals surface area contributed by atoms with Crippen molar-refractivity contribution in [3.8, 4) is 0 Å². The monoisotopic (exact) mass is 552 g/mol. The minimum Gasteiger partial charge on any atom is -0.388 e. The number of hydrogen-bond donors (Lipinski definition) is 3. The highest BCUT2D eigenvalue weighted by atomic mass is 32.2. The Morgan fingerprint density at radius 2 is 1.74 bits per heavy atom. The molecule has 2 saturated heterocycles. The van der Waals surface area contributed by atoms with Crippen molar-refractivity contribution >= 4 is 32.7 Å². The van der Waals surface area contributed by atoms with E-state index in [0.717, 1.165) is 45.2 Å². The molecule has 0 bridgehead atoms. The van der Waals surface area contributed by atoms with Crippen LogP contribution in [0.5, 0.6) is 0 Å². The molecule has 1 aliphatic carbocycles. The number of sulfonamides is 1. The van der Waals surface area contributed by atoms with Crippen LogP contribution < -0.4 is 16.2 Å². The fraction of sp³-hybridized carbons (Fsp3) is 0.536. The van der Waals surface area contributed by atoms with Gasteiger partial charge in [-0.15, -0.1) is 0 Å². The van der Waals surface area contributed by atoms with Crippen molar-refractivity contribution in [2.45, 2.75) is 68.4 Å². The first kappa shape index (κ1) is 26.4. The molecular formula is C28H36N6O4S. The third kappa shape index (κ3) is 4.97. The summed E-state index contributed by atoms with van der Waals surface area (Å²) in [5, 5.41) is 18.1. The van der Waals surface area contributed by atoms with Crippen molar-refractivity contribution in [1.82, 2.24) is 24.2 Å². The molecule has 208 valence electrons. The van der Waals surface area contributed by atoms with Gasteiger partial charge in [-0.3, -0.25) is 9.36 Å². The van der Waals surface area contributed by atoms with Crippen LogP contribution in [-0.4, -0.2) is 64.1 Å². The number of anilines is 2. The molecule has 6 rings (SSSR count). The van der Waals surface area contributed by atoms with E-state index in [0.29, 0.717) is 48.6 Å². The van der Waals surface area contributed by atoms with Crippen LogP contribution in [0, 0.1) is 5.41 Å². The molecule has 0 radical (unpaired) electrons. The van der Waals surface area contributed by atoms with Gasteiger partial charge in [0.2, 0.25) is 16.0 Å². The Kier molecular flexibility index (Phi) is 6.73. The minimum atomic E-state index is -3.57. The first-order valence-electron chi connectivity index (χ1n) is 13.9. The second kappa shape index (κ2) is 9.96. The van der Waals surface area contributed by atoms with E-state index in [1.807, 2.05) is 0 Å². The van der Waals surface area contributed by atoms with E-state index in [1.165, 1.54) is 6.07 Å². The minimum absolute atomic E-state index is 0.210. The van der Waals surface area contributed by atoms with E-state index in [9.17, 15) is 18.3 Å². The summed E-state index contributed by atoms with van der Waals surface area (Å²) in [6.07, 6.45) is 7.87. The van der Waals surface area contributed by atoms with Crippen LogP contribution in [0.4, 0.5) is 11.6 Å². The van der Waals surface area contributed by atoms with Gasteiger partial charge >= 0.3 is 0 Å². The Morgan fingerprint density at radius 3 is 2.41 bits per heavy atom. The molecule has 1 spiro atoms. The first-order valence-corrected chi connectivity index (χ1v) is 15.3. The van der Waals surface area contributed by atoms with Crippen LogP contribution in [-0.2, 0) is 10.0 Å². The first-order chi connectivity index (χ1) is 18.7. The Labute approximate surface area is 228 Å². The number of fused-ring (bicyclic) bond motifs is 1. The van der Waals surface area contributed by atoms with Crippen LogP contribution >= 0.6 is 0 Å². The summed E-state index contributed by atoms with van der Waals surface area (Å²) in [7, 11) is -3.57. The molecule has 2 aliphatic heterocycles. The lowest BCUT2D eigenvalue weighted by molar-refractivity contribution is 0.0267. The topological polar surface area (TPSA) is 129 Å². The van der Waals surface area contributed by atoms with Crippen LogP contribution in [0.1, 0.15) is 57.9 Å². The van der Waals surface area contributed by atoms with Gasteiger partial charge in [0.1, 0.15) is 5.65 Å². The number of nitrogens with one attached hydrogen (secondary N) is 2. The van der Waals surface area contributed by atoms with Crippen LogP contribution in [0.2, 0.25) is 0 Å². The zero-order valence-electron chi connectivity index (χ0n) is 22.3. The zero-order valence-corrected chi connectivity index (χ0v) is 23.1. The number of pyridine rings is 1. The summed E-state index contributed by atoms with van der Waals surface area (Å²) < 4.78 is 29.9. The molecular weight excluding hydrogens is 516 g/mol. The van der Waals surface area contributed by atoms with Gasteiger partial charge in [0.15, 0.2) is 0 Å². The van der Waals surface area contributed by atoms with Gasteiger partial charge in [0, 0.05) is 36.4 Å². The van der Waals surface area contributed by atoms with E-state index >= 15 is 0 Å². The SMILES string of the molecule is C[C@@]1(O)CCC[C@H]1n1c(=O)ccc2cnc(Nc3ccc(S(=O)(=O)N4CCC5(CCNCC5)CC4)cc3)nc21. The predicted octanol–water partition coefficient (Wildman–Crippen LogP) is 3.17. The van der Waals surface area contributed by atoms with E-state index in [2.05, 4.69) is 20.6 Å². The number of aliphatic hydroxyl groups is 1. The van der Waals surface area contributed by atoms with Crippen molar-refractivity contribution in [3.63, 3.8) is 0 Å². The van der Waals surface area contributed by atoms with Gasteiger partial charge in [-0.05, 0) is 101 Å². The molecule has 0 unspecified atom stereocenters. The molecule has 3 N–H and O–H groups in total. The van der Waals surface area contributed by atoms with Gasteiger partial charge in [0.25, 0.3) is 5.56 Å². The number of hydrogen-bond acceptors (Lipinski definition) is 8. The fourth-order valence-electron chi connectivity index (χ4n) is 6.58. The van der Waals surface area contributed by atoms with Gasteiger partial charge in [-0.2, -0.15) is 9.29 Å². The van der Waals surface area contributed by atoms with Crippen molar-refractivity contribution in [2.75, 3.05) is 31.5 Å². The maximum absolute atomic E-state index is 13.3. The number of nitrogens with zero attached hydrogens (tertiary/aromatic N) is 4. The molecule has 4 heterocycles. The molecule has 1 aromatic carbocycles. The summed E-state index contributed by atoms with van der Waals surface area (Å²) in [6, 6.07) is 9.45. The molecule has 1 saturated carbocycles. The number of piperidine rings is 2. The molecule has 2 atom stereocenters. The summed E-state index contributed by atoms with van der Waals surface area (Å²) in [5.74, 6) is 0.290. The van der Waals surface area contributed by atoms with Gasteiger partial charge in [-0.25, -0.2) is 13.4 Å². The van der Waals surface area contributed by atoms with Crippen LogP contribution in [0.25, 0.3) is 11.0 Å². The van der Waals surface area contributed by atoms with Gasteiger partial charge in [-0.1, -0.05) is 0 Å². The second-order valence-corrected chi connectivity index (χ2v) is 13.5. The van der Waals surface area contributed by atoms with E-state index in [1.54, 1.807) is 52.3 Å². The molecule has 11 heteroatoms.